The highest BCUT2D eigenvalue weighted by Gasteiger charge is 2.51. The quantitative estimate of drug-likeness (QED) is 0.826. The molecule has 6 heteroatoms. The number of hydrogen-bond donors (Lipinski definition) is 0. The lowest BCUT2D eigenvalue weighted by atomic mass is 9.85. The molecule has 1 aromatic heterocycles. The first kappa shape index (κ1) is 17.1. The van der Waals surface area contributed by atoms with Crippen molar-refractivity contribution in [2.24, 2.45) is 5.41 Å². The molecule has 0 N–H and O–H groups in total. The summed E-state index contributed by atoms with van der Waals surface area (Å²) in [5.74, 6) is 1.26. The number of amides is 1. The molecule has 3 heterocycles. The van der Waals surface area contributed by atoms with Gasteiger partial charge in [0.05, 0.1) is 5.41 Å². The van der Waals surface area contributed by atoms with Crippen LogP contribution in [0.15, 0.2) is 34.9 Å². The van der Waals surface area contributed by atoms with Gasteiger partial charge in [0.2, 0.25) is 5.91 Å². The van der Waals surface area contributed by atoms with Crippen LogP contribution in [0, 0.1) is 5.41 Å². The second-order valence-electron chi connectivity index (χ2n) is 7.82. The van der Waals surface area contributed by atoms with Crippen molar-refractivity contribution in [1.82, 2.24) is 15.0 Å². The SMILES string of the molecule is CC(C)c1noc(N2CCC3(CCN(CCc4ccccc4)C3=O)C2)n1. The van der Waals surface area contributed by atoms with Gasteiger partial charge in [-0.25, -0.2) is 0 Å². The van der Waals surface area contributed by atoms with Crippen molar-refractivity contribution in [2.75, 3.05) is 31.1 Å². The second-order valence-corrected chi connectivity index (χ2v) is 7.82. The third kappa shape index (κ3) is 3.08. The molecule has 2 fully saturated rings. The van der Waals surface area contributed by atoms with E-state index in [0.717, 1.165) is 44.7 Å². The van der Waals surface area contributed by atoms with Crippen LogP contribution in [0.4, 0.5) is 6.01 Å². The van der Waals surface area contributed by atoms with Crippen molar-refractivity contribution in [3.63, 3.8) is 0 Å². The fraction of sp³-hybridized carbons (Fsp3) is 0.550. The lowest BCUT2D eigenvalue weighted by Gasteiger charge is -2.23. The molecule has 1 unspecified atom stereocenters. The van der Waals surface area contributed by atoms with Gasteiger partial charge in [0.1, 0.15) is 0 Å². The van der Waals surface area contributed by atoms with Crippen molar-refractivity contribution in [2.45, 2.75) is 39.0 Å². The van der Waals surface area contributed by atoms with Gasteiger partial charge in [0, 0.05) is 32.1 Å². The summed E-state index contributed by atoms with van der Waals surface area (Å²) in [5.41, 5.74) is 1.00. The Labute approximate surface area is 154 Å². The van der Waals surface area contributed by atoms with Gasteiger partial charge in [-0.05, 0) is 24.8 Å². The first-order valence-corrected chi connectivity index (χ1v) is 9.49. The maximum absolute atomic E-state index is 13.1. The molecule has 0 saturated carbocycles. The summed E-state index contributed by atoms with van der Waals surface area (Å²) in [6.45, 7) is 7.23. The number of nitrogens with zero attached hydrogens (tertiary/aromatic N) is 4. The second kappa shape index (κ2) is 6.74. The number of carbonyl (C=O) groups is 1. The molecule has 1 atom stereocenters. The summed E-state index contributed by atoms with van der Waals surface area (Å²) < 4.78 is 5.42. The first-order chi connectivity index (χ1) is 12.6. The molecular formula is C20H26N4O2. The highest BCUT2D eigenvalue weighted by molar-refractivity contribution is 5.86. The highest BCUT2D eigenvalue weighted by atomic mass is 16.5. The Hall–Kier alpha value is -2.37. The first-order valence-electron chi connectivity index (χ1n) is 9.49. The minimum Gasteiger partial charge on any atom is -0.342 e. The maximum atomic E-state index is 13.1. The Balaban J connectivity index is 1.39. The predicted octanol–water partition coefficient (Wildman–Crippen LogP) is 2.86. The molecule has 1 spiro atoms. The van der Waals surface area contributed by atoms with Crippen LogP contribution in [0.1, 0.15) is 44.0 Å². The van der Waals surface area contributed by atoms with Crippen LogP contribution < -0.4 is 4.90 Å². The van der Waals surface area contributed by atoms with Crippen LogP contribution in [0.25, 0.3) is 0 Å². The highest BCUT2D eigenvalue weighted by Crippen LogP contribution is 2.42. The van der Waals surface area contributed by atoms with E-state index in [1.165, 1.54) is 5.56 Å². The number of likely N-dealkylation sites (tertiary alicyclic amines) is 1. The summed E-state index contributed by atoms with van der Waals surface area (Å²) >= 11 is 0. The monoisotopic (exact) mass is 354 g/mol. The zero-order chi connectivity index (χ0) is 18.1. The number of benzene rings is 1. The largest absolute Gasteiger partial charge is 0.342 e. The van der Waals surface area contributed by atoms with Crippen molar-refractivity contribution in [3.8, 4) is 0 Å². The number of aromatic nitrogens is 2. The van der Waals surface area contributed by atoms with Crippen LogP contribution in [-0.4, -0.2) is 47.1 Å². The van der Waals surface area contributed by atoms with Gasteiger partial charge in [-0.3, -0.25) is 4.79 Å². The smallest absolute Gasteiger partial charge is 0.324 e. The van der Waals surface area contributed by atoms with Crippen molar-refractivity contribution < 1.29 is 9.32 Å². The van der Waals surface area contributed by atoms with Crippen molar-refractivity contribution >= 4 is 11.9 Å². The van der Waals surface area contributed by atoms with E-state index in [4.69, 9.17) is 4.52 Å². The zero-order valence-electron chi connectivity index (χ0n) is 15.5. The summed E-state index contributed by atoms with van der Waals surface area (Å²) in [5, 5.41) is 4.05. The molecule has 2 aromatic rings. The maximum Gasteiger partial charge on any atom is 0.324 e. The van der Waals surface area contributed by atoms with E-state index in [1.54, 1.807) is 0 Å². The minimum atomic E-state index is -0.275. The number of carbonyl (C=O) groups excluding carboxylic acids is 1. The molecule has 2 aliphatic rings. The van der Waals surface area contributed by atoms with Gasteiger partial charge in [-0.2, -0.15) is 4.98 Å². The van der Waals surface area contributed by atoms with Gasteiger partial charge in [-0.1, -0.05) is 49.3 Å². The number of hydrogen-bond acceptors (Lipinski definition) is 5. The van der Waals surface area contributed by atoms with Gasteiger partial charge in [0.15, 0.2) is 5.82 Å². The molecule has 138 valence electrons. The van der Waals surface area contributed by atoms with E-state index in [9.17, 15) is 4.79 Å². The van der Waals surface area contributed by atoms with Crippen LogP contribution >= 0.6 is 0 Å². The van der Waals surface area contributed by atoms with Gasteiger partial charge < -0.3 is 14.3 Å². The summed E-state index contributed by atoms with van der Waals surface area (Å²) in [7, 11) is 0. The van der Waals surface area contributed by atoms with Crippen LogP contribution in [0.2, 0.25) is 0 Å². The molecule has 1 aromatic carbocycles. The minimum absolute atomic E-state index is 0.241. The van der Waals surface area contributed by atoms with E-state index in [-0.39, 0.29) is 11.3 Å². The molecule has 6 nitrogen and oxygen atoms in total. The van der Waals surface area contributed by atoms with Crippen molar-refractivity contribution in [3.05, 3.63) is 41.7 Å². The molecule has 2 saturated heterocycles. The molecular weight excluding hydrogens is 328 g/mol. The Bertz CT molecular complexity index is 773. The van der Waals surface area contributed by atoms with Crippen LogP contribution in [0.5, 0.6) is 0 Å². The molecule has 26 heavy (non-hydrogen) atoms. The Kier molecular flexibility index (Phi) is 4.42. The van der Waals surface area contributed by atoms with Crippen molar-refractivity contribution in [1.29, 1.82) is 0 Å². The van der Waals surface area contributed by atoms with E-state index >= 15 is 0 Å². The molecule has 0 radical (unpaired) electrons. The van der Waals surface area contributed by atoms with Gasteiger partial charge >= 0.3 is 6.01 Å². The van der Waals surface area contributed by atoms with Gasteiger partial charge in [0.25, 0.3) is 0 Å². The lowest BCUT2D eigenvalue weighted by molar-refractivity contribution is -0.135. The lowest BCUT2D eigenvalue weighted by Crippen LogP contribution is -2.37. The van der Waals surface area contributed by atoms with E-state index < -0.39 is 0 Å². The summed E-state index contributed by atoms with van der Waals surface area (Å²) in [6, 6.07) is 10.9. The Morgan fingerprint density at radius 3 is 2.69 bits per heavy atom. The molecule has 2 aliphatic heterocycles. The Morgan fingerprint density at radius 1 is 1.19 bits per heavy atom. The summed E-state index contributed by atoms with van der Waals surface area (Å²) in [4.78, 5) is 21.7. The fourth-order valence-electron chi connectivity index (χ4n) is 4.02. The van der Waals surface area contributed by atoms with E-state index in [1.807, 2.05) is 36.9 Å². The van der Waals surface area contributed by atoms with Crippen LogP contribution in [-0.2, 0) is 11.2 Å². The zero-order valence-corrected chi connectivity index (χ0v) is 15.5. The summed E-state index contributed by atoms with van der Waals surface area (Å²) in [6.07, 6.45) is 2.70. The molecule has 4 rings (SSSR count). The van der Waals surface area contributed by atoms with Crippen LogP contribution in [0.3, 0.4) is 0 Å². The van der Waals surface area contributed by atoms with E-state index in [0.29, 0.717) is 18.5 Å². The fourth-order valence-corrected chi connectivity index (χ4v) is 4.02. The molecule has 1 amide bonds. The topological polar surface area (TPSA) is 62.5 Å². The predicted molar refractivity (Wildman–Crippen MR) is 99.0 cm³/mol. The average Bonchev–Trinajstić information content (AvgIpc) is 3.36. The average molecular weight is 354 g/mol. The normalized spacial score (nSPS) is 23.0. The van der Waals surface area contributed by atoms with Gasteiger partial charge in [-0.15, -0.1) is 0 Å². The number of anilines is 1. The number of rotatable bonds is 5. The molecule has 0 aliphatic carbocycles. The third-order valence-corrected chi connectivity index (χ3v) is 5.69. The van der Waals surface area contributed by atoms with E-state index in [2.05, 4.69) is 27.2 Å². The standard InChI is InChI=1S/C20H26N4O2/c1-15(2)17-21-19(26-22-17)24-13-10-20(14-24)9-12-23(18(20)25)11-8-16-6-4-3-5-7-16/h3-7,15H,8-14H2,1-2H3. The Morgan fingerprint density at radius 2 is 1.96 bits per heavy atom. The molecule has 0 bridgehead atoms. The third-order valence-electron chi connectivity index (χ3n) is 5.69.